The molecule has 0 bridgehead atoms. The molecule has 0 radical (unpaired) electrons. The molecule has 6 heteroatoms. The summed E-state index contributed by atoms with van der Waals surface area (Å²) in [7, 11) is -1.25. The minimum atomic E-state index is -3.34. The highest BCUT2D eigenvalue weighted by molar-refractivity contribution is 7.91. The molecule has 1 unspecified atom stereocenters. The predicted molar refractivity (Wildman–Crippen MR) is 81.7 cm³/mol. The van der Waals surface area contributed by atoms with E-state index in [1.165, 1.54) is 6.07 Å². The van der Waals surface area contributed by atoms with Crippen LogP contribution in [0.5, 0.6) is 0 Å². The van der Waals surface area contributed by atoms with Gasteiger partial charge in [-0.05, 0) is 32.2 Å². The summed E-state index contributed by atoms with van der Waals surface area (Å²) in [5.74, 6) is 0.0932. The molecule has 1 heterocycles. The fourth-order valence-corrected chi connectivity index (χ4v) is 3.93. The minimum absolute atomic E-state index is 0.0932. The number of sulfone groups is 1. The molecule has 1 aliphatic heterocycles. The van der Waals surface area contributed by atoms with Gasteiger partial charge in [-0.3, -0.25) is 4.90 Å². The number of nitriles is 1. The lowest BCUT2D eigenvalue weighted by Gasteiger charge is -2.38. The predicted octanol–water partition coefficient (Wildman–Crippen LogP) is 0.968. The monoisotopic (exact) mass is 307 g/mol. The second-order valence-electron chi connectivity index (χ2n) is 5.61. The zero-order valence-electron chi connectivity index (χ0n) is 12.5. The van der Waals surface area contributed by atoms with Gasteiger partial charge in [-0.25, -0.2) is 8.42 Å². The average Bonchev–Trinajstić information content (AvgIpc) is 2.46. The van der Waals surface area contributed by atoms with Gasteiger partial charge < -0.3 is 4.90 Å². The van der Waals surface area contributed by atoms with Gasteiger partial charge in [0, 0.05) is 32.2 Å². The van der Waals surface area contributed by atoms with Crippen molar-refractivity contribution in [1.29, 1.82) is 5.26 Å². The Kier molecular flexibility index (Phi) is 4.99. The number of likely N-dealkylation sites (N-methyl/N-ethyl adjacent to an activating group) is 1. The van der Waals surface area contributed by atoms with E-state index in [0.29, 0.717) is 18.2 Å². The van der Waals surface area contributed by atoms with Crippen LogP contribution in [0.15, 0.2) is 29.2 Å². The van der Waals surface area contributed by atoms with E-state index in [4.69, 9.17) is 5.26 Å². The lowest BCUT2D eigenvalue weighted by molar-refractivity contribution is 0.106. The molecule has 114 valence electrons. The van der Waals surface area contributed by atoms with E-state index in [9.17, 15) is 8.42 Å². The van der Waals surface area contributed by atoms with Gasteiger partial charge in [-0.2, -0.15) is 5.26 Å². The molecule has 1 aliphatic rings. The molecule has 1 atom stereocenters. The average molecular weight is 307 g/mol. The number of nitrogens with zero attached hydrogens (tertiary/aromatic N) is 3. The van der Waals surface area contributed by atoms with Crippen LogP contribution in [0, 0.1) is 11.3 Å². The Morgan fingerprint density at radius 1 is 1.38 bits per heavy atom. The van der Waals surface area contributed by atoms with Gasteiger partial charge in [-0.1, -0.05) is 6.07 Å². The Hall–Kier alpha value is -1.42. The van der Waals surface area contributed by atoms with Gasteiger partial charge in [-0.15, -0.1) is 0 Å². The van der Waals surface area contributed by atoms with Crippen molar-refractivity contribution in [3.8, 4) is 6.07 Å². The van der Waals surface area contributed by atoms with Crippen LogP contribution in [0.2, 0.25) is 0 Å². The lowest BCUT2D eigenvalue weighted by Crippen LogP contribution is -2.51. The first-order valence-electron chi connectivity index (χ1n) is 7.08. The van der Waals surface area contributed by atoms with Crippen molar-refractivity contribution in [3.63, 3.8) is 0 Å². The van der Waals surface area contributed by atoms with Crippen molar-refractivity contribution < 1.29 is 8.42 Å². The third kappa shape index (κ3) is 4.03. The van der Waals surface area contributed by atoms with Gasteiger partial charge in [0.1, 0.15) is 0 Å². The molecule has 0 spiro atoms. The van der Waals surface area contributed by atoms with E-state index in [1.54, 1.807) is 18.2 Å². The maximum Gasteiger partial charge on any atom is 0.179 e. The van der Waals surface area contributed by atoms with E-state index >= 15 is 0 Å². The van der Waals surface area contributed by atoms with Gasteiger partial charge in [0.15, 0.2) is 9.84 Å². The molecule has 5 nitrogen and oxygen atoms in total. The summed E-state index contributed by atoms with van der Waals surface area (Å²) in [6.07, 6.45) is 0. The molecule has 0 amide bonds. The van der Waals surface area contributed by atoms with Crippen LogP contribution in [0.4, 0.5) is 0 Å². The van der Waals surface area contributed by atoms with Crippen molar-refractivity contribution >= 4 is 9.84 Å². The Bertz CT molecular complexity index is 637. The molecule has 0 saturated carbocycles. The quantitative estimate of drug-likeness (QED) is 0.829. The Morgan fingerprint density at radius 3 is 2.81 bits per heavy atom. The highest BCUT2D eigenvalue weighted by Gasteiger charge is 2.23. The van der Waals surface area contributed by atoms with Crippen LogP contribution in [0.3, 0.4) is 0 Å². The molecule has 1 aromatic rings. The van der Waals surface area contributed by atoms with Gasteiger partial charge in [0.25, 0.3) is 0 Å². The van der Waals surface area contributed by atoms with Crippen LogP contribution in [-0.4, -0.2) is 63.2 Å². The molecule has 1 aromatic carbocycles. The van der Waals surface area contributed by atoms with Gasteiger partial charge in [0.2, 0.25) is 0 Å². The fraction of sp³-hybridized carbons (Fsp3) is 0.533. The molecule has 21 heavy (non-hydrogen) atoms. The number of hydrogen-bond donors (Lipinski definition) is 0. The molecular weight excluding hydrogens is 286 g/mol. The smallest absolute Gasteiger partial charge is 0.179 e. The lowest BCUT2D eigenvalue weighted by atomic mass is 10.2. The second kappa shape index (κ2) is 6.56. The van der Waals surface area contributed by atoms with E-state index in [1.807, 2.05) is 6.07 Å². The maximum absolute atomic E-state index is 12.4. The summed E-state index contributed by atoms with van der Waals surface area (Å²) in [6, 6.07) is 8.58. The molecule has 2 rings (SSSR count). The highest BCUT2D eigenvalue weighted by atomic mass is 32.2. The molecule has 1 fully saturated rings. The summed E-state index contributed by atoms with van der Waals surface area (Å²) in [5, 5.41) is 8.86. The third-order valence-electron chi connectivity index (χ3n) is 3.94. The molecular formula is C15H21N3O2S. The molecule has 1 saturated heterocycles. The summed E-state index contributed by atoms with van der Waals surface area (Å²) >= 11 is 0. The standard InChI is InChI=1S/C15H21N3O2S/c1-13-12-17(2)6-7-18(13)8-9-21(19,20)15-5-3-4-14(10-15)11-16/h3-5,10,13H,6-9,12H2,1-2H3. The van der Waals surface area contributed by atoms with Crippen LogP contribution in [0.25, 0.3) is 0 Å². The molecule has 0 aromatic heterocycles. The van der Waals surface area contributed by atoms with Gasteiger partial charge >= 0.3 is 0 Å². The van der Waals surface area contributed by atoms with Crippen molar-refractivity contribution in [2.45, 2.75) is 17.9 Å². The number of hydrogen-bond acceptors (Lipinski definition) is 5. The molecule has 0 N–H and O–H groups in total. The Labute approximate surface area is 126 Å². The molecule has 0 aliphatic carbocycles. The van der Waals surface area contributed by atoms with E-state index in [-0.39, 0.29) is 10.6 Å². The van der Waals surface area contributed by atoms with E-state index in [0.717, 1.165) is 19.6 Å². The Morgan fingerprint density at radius 2 is 2.14 bits per heavy atom. The highest BCUT2D eigenvalue weighted by Crippen LogP contribution is 2.15. The first-order valence-corrected chi connectivity index (χ1v) is 8.73. The Balaban J connectivity index is 2.03. The normalized spacial score (nSPS) is 21.1. The number of piperazine rings is 1. The van der Waals surface area contributed by atoms with Crippen molar-refractivity contribution in [3.05, 3.63) is 29.8 Å². The van der Waals surface area contributed by atoms with Crippen molar-refractivity contribution in [2.24, 2.45) is 0 Å². The van der Waals surface area contributed by atoms with Crippen LogP contribution < -0.4 is 0 Å². The van der Waals surface area contributed by atoms with Crippen molar-refractivity contribution in [1.82, 2.24) is 9.80 Å². The topological polar surface area (TPSA) is 64.4 Å². The SMILES string of the molecule is CC1CN(C)CCN1CCS(=O)(=O)c1cccc(C#N)c1. The summed E-state index contributed by atoms with van der Waals surface area (Å²) in [5.41, 5.74) is 0.379. The largest absolute Gasteiger partial charge is 0.304 e. The summed E-state index contributed by atoms with van der Waals surface area (Å²) < 4.78 is 24.7. The number of benzene rings is 1. The van der Waals surface area contributed by atoms with Crippen LogP contribution in [-0.2, 0) is 9.84 Å². The summed E-state index contributed by atoms with van der Waals surface area (Å²) in [6.45, 7) is 5.48. The number of rotatable bonds is 4. The maximum atomic E-state index is 12.4. The van der Waals surface area contributed by atoms with E-state index < -0.39 is 9.84 Å². The summed E-state index contributed by atoms with van der Waals surface area (Å²) in [4.78, 5) is 4.71. The second-order valence-corrected chi connectivity index (χ2v) is 7.71. The first kappa shape index (κ1) is 16.0. The minimum Gasteiger partial charge on any atom is -0.304 e. The van der Waals surface area contributed by atoms with Crippen LogP contribution >= 0.6 is 0 Å². The van der Waals surface area contributed by atoms with Gasteiger partial charge in [0.05, 0.1) is 22.3 Å². The van der Waals surface area contributed by atoms with E-state index in [2.05, 4.69) is 23.8 Å². The van der Waals surface area contributed by atoms with Crippen LogP contribution in [0.1, 0.15) is 12.5 Å². The third-order valence-corrected chi connectivity index (χ3v) is 5.63. The zero-order chi connectivity index (χ0) is 15.5. The van der Waals surface area contributed by atoms with Crippen molar-refractivity contribution in [2.75, 3.05) is 39.0 Å². The fourth-order valence-electron chi connectivity index (χ4n) is 2.62. The zero-order valence-corrected chi connectivity index (χ0v) is 13.3. The first-order chi connectivity index (χ1) is 9.92.